The predicted octanol–water partition coefficient (Wildman–Crippen LogP) is 2.39. The molecule has 130 valence electrons. The first-order valence-electron chi connectivity index (χ1n) is 8.41. The van der Waals surface area contributed by atoms with Crippen LogP contribution in [0.25, 0.3) is 0 Å². The standard InChI is InChI=1S/C20H21FN2O2/c21-16-8-6-13(7-9-16)10-15(19(22)24)12-23-20(25)18-11-17(18)14-4-2-1-3-5-14/h1-9,15,17-18H,10-12H2,(H2,22,24)(H,23,25). The maximum Gasteiger partial charge on any atom is 0.223 e. The third-order valence-electron chi connectivity index (χ3n) is 4.68. The summed E-state index contributed by atoms with van der Waals surface area (Å²) in [5.74, 6) is -1.14. The van der Waals surface area contributed by atoms with Crippen molar-refractivity contribution in [3.8, 4) is 0 Å². The Morgan fingerprint density at radius 1 is 1.12 bits per heavy atom. The van der Waals surface area contributed by atoms with Gasteiger partial charge < -0.3 is 11.1 Å². The molecule has 0 heterocycles. The fraction of sp³-hybridized carbons (Fsp3) is 0.300. The molecule has 0 radical (unpaired) electrons. The summed E-state index contributed by atoms with van der Waals surface area (Å²) < 4.78 is 13.0. The highest BCUT2D eigenvalue weighted by atomic mass is 19.1. The summed E-state index contributed by atoms with van der Waals surface area (Å²) in [5, 5.41) is 2.84. The lowest BCUT2D eigenvalue weighted by Crippen LogP contribution is -2.38. The molecule has 25 heavy (non-hydrogen) atoms. The van der Waals surface area contributed by atoms with Crippen LogP contribution in [-0.4, -0.2) is 18.4 Å². The summed E-state index contributed by atoms with van der Waals surface area (Å²) >= 11 is 0. The molecule has 0 aromatic heterocycles. The Kier molecular flexibility index (Phi) is 5.12. The molecule has 5 heteroatoms. The summed E-state index contributed by atoms with van der Waals surface area (Å²) in [7, 11) is 0. The number of halogens is 1. The molecule has 1 aliphatic carbocycles. The number of benzene rings is 2. The largest absolute Gasteiger partial charge is 0.369 e. The van der Waals surface area contributed by atoms with Crippen molar-refractivity contribution in [3.63, 3.8) is 0 Å². The minimum Gasteiger partial charge on any atom is -0.369 e. The van der Waals surface area contributed by atoms with Crippen LogP contribution in [0.3, 0.4) is 0 Å². The first-order chi connectivity index (χ1) is 12.0. The van der Waals surface area contributed by atoms with E-state index in [1.807, 2.05) is 30.3 Å². The van der Waals surface area contributed by atoms with Gasteiger partial charge in [0.2, 0.25) is 11.8 Å². The van der Waals surface area contributed by atoms with Gasteiger partial charge in [0.25, 0.3) is 0 Å². The maximum absolute atomic E-state index is 13.0. The zero-order valence-corrected chi connectivity index (χ0v) is 13.8. The molecule has 0 bridgehead atoms. The zero-order valence-electron chi connectivity index (χ0n) is 13.8. The summed E-state index contributed by atoms with van der Waals surface area (Å²) in [4.78, 5) is 24.0. The van der Waals surface area contributed by atoms with Crippen LogP contribution in [0.4, 0.5) is 4.39 Å². The summed E-state index contributed by atoms with van der Waals surface area (Å²) in [6, 6.07) is 15.9. The van der Waals surface area contributed by atoms with E-state index in [1.165, 1.54) is 17.7 Å². The Balaban J connectivity index is 1.52. The van der Waals surface area contributed by atoms with Gasteiger partial charge in [0, 0.05) is 12.5 Å². The van der Waals surface area contributed by atoms with Gasteiger partial charge in [-0.2, -0.15) is 0 Å². The number of hydrogen-bond acceptors (Lipinski definition) is 2. The maximum atomic E-state index is 13.0. The lowest BCUT2D eigenvalue weighted by Gasteiger charge is -2.14. The van der Waals surface area contributed by atoms with Crippen molar-refractivity contribution in [3.05, 3.63) is 71.5 Å². The van der Waals surface area contributed by atoms with Gasteiger partial charge in [-0.3, -0.25) is 9.59 Å². The van der Waals surface area contributed by atoms with Gasteiger partial charge in [-0.25, -0.2) is 4.39 Å². The molecule has 3 atom stereocenters. The van der Waals surface area contributed by atoms with Gasteiger partial charge in [0.05, 0.1) is 5.92 Å². The first-order valence-corrected chi connectivity index (χ1v) is 8.41. The van der Waals surface area contributed by atoms with Crippen LogP contribution in [0.2, 0.25) is 0 Å². The molecule has 2 aromatic rings. The number of nitrogens with two attached hydrogens (primary N) is 1. The minimum absolute atomic E-state index is 0.0400. The molecule has 2 aromatic carbocycles. The van der Waals surface area contributed by atoms with E-state index in [4.69, 9.17) is 5.73 Å². The fourth-order valence-corrected chi connectivity index (χ4v) is 3.09. The van der Waals surface area contributed by atoms with Gasteiger partial charge in [-0.05, 0) is 42.0 Å². The third kappa shape index (κ3) is 4.44. The second-order valence-electron chi connectivity index (χ2n) is 6.53. The average Bonchev–Trinajstić information content (AvgIpc) is 3.41. The number of carbonyl (C=O) groups excluding carboxylic acids is 2. The second-order valence-corrected chi connectivity index (χ2v) is 6.53. The number of amides is 2. The highest BCUT2D eigenvalue weighted by Crippen LogP contribution is 2.47. The van der Waals surface area contributed by atoms with Crippen LogP contribution in [0.15, 0.2) is 54.6 Å². The van der Waals surface area contributed by atoms with E-state index >= 15 is 0 Å². The molecule has 3 rings (SSSR count). The molecule has 1 aliphatic rings. The van der Waals surface area contributed by atoms with E-state index in [1.54, 1.807) is 12.1 Å². The molecule has 0 spiro atoms. The van der Waals surface area contributed by atoms with Crippen LogP contribution < -0.4 is 11.1 Å². The van der Waals surface area contributed by atoms with Crippen LogP contribution >= 0.6 is 0 Å². The van der Waals surface area contributed by atoms with Crippen molar-refractivity contribution in [2.45, 2.75) is 18.8 Å². The molecule has 1 saturated carbocycles. The van der Waals surface area contributed by atoms with E-state index < -0.39 is 11.8 Å². The smallest absolute Gasteiger partial charge is 0.223 e. The van der Waals surface area contributed by atoms with Gasteiger partial charge in [-0.1, -0.05) is 42.5 Å². The quantitative estimate of drug-likeness (QED) is 0.812. The number of nitrogens with one attached hydrogen (secondary N) is 1. The van der Waals surface area contributed by atoms with Crippen molar-refractivity contribution in [1.29, 1.82) is 0 Å². The number of carbonyl (C=O) groups is 2. The molecule has 4 nitrogen and oxygen atoms in total. The van der Waals surface area contributed by atoms with Crippen LogP contribution in [0, 0.1) is 17.7 Å². The Labute approximate surface area is 146 Å². The average molecular weight is 340 g/mol. The fourth-order valence-electron chi connectivity index (χ4n) is 3.09. The lowest BCUT2D eigenvalue weighted by atomic mass is 9.98. The number of hydrogen-bond donors (Lipinski definition) is 2. The molecule has 3 N–H and O–H groups in total. The summed E-state index contributed by atoms with van der Waals surface area (Å²) in [5.41, 5.74) is 7.43. The number of primary amides is 1. The van der Waals surface area contributed by atoms with Crippen molar-refractivity contribution in [1.82, 2.24) is 5.32 Å². The summed E-state index contributed by atoms with van der Waals surface area (Å²) in [6.45, 7) is 0.198. The topological polar surface area (TPSA) is 72.2 Å². The van der Waals surface area contributed by atoms with Gasteiger partial charge in [0.1, 0.15) is 5.82 Å². The Morgan fingerprint density at radius 3 is 2.44 bits per heavy atom. The lowest BCUT2D eigenvalue weighted by molar-refractivity contribution is -0.124. The van der Waals surface area contributed by atoms with Crippen molar-refractivity contribution < 1.29 is 14.0 Å². The molecular weight excluding hydrogens is 319 g/mol. The predicted molar refractivity (Wildman–Crippen MR) is 93.1 cm³/mol. The zero-order chi connectivity index (χ0) is 17.8. The van der Waals surface area contributed by atoms with Gasteiger partial charge >= 0.3 is 0 Å². The molecule has 0 saturated heterocycles. The van der Waals surface area contributed by atoms with E-state index in [0.717, 1.165) is 12.0 Å². The van der Waals surface area contributed by atoms with Gasteiger partial charge in [0.15, 0.2) is 0 Å². The molecule has 3 unspecified atom stereocenters. The van der Waals surface area contributed by atoms with E-state index in [-0.39, 0.29) is 30.1 Å². The molecule has 0 aliphatic heterocycles. The SMILES string of the molecule is NC(=O)C(CNC(=O)C1CC1c1ccccc1)Cc1ccc(F)cc1. The van der Waals surface area contributed by atoms with Gasteiger partial charge in [-0.15, -0.1) is 0 Å². The van der Waals surface area contributed by atoms with Crippen molar-refractivity contribution >= 4 is 11.8 Å². The Bertz CT molecular complexity index is 746. The van der Waals surface area contributed by atoms with Crippen molar-refractivity contribution in [2.24, 2.45) is 17.6 Å². The Hall–Kier alpha value is -2.69. The Morgan fingerprint density at radius 2 is 1.80 bits per heavy atom. The first kappa shape index (κ1) is 17.1. The monoisotopic (exact) mass is 340 g/mol. The normalized spacial score (nSPS) is 19.9. The van der Waals surface area contributed by atoms with Crippen LogP contribution in [0.5, 0.6) is 0 Å². The summed E-state index contributed by atoms with van der Waals surface area (Å²) in [6.07, 6.45) is 1.21. The van der Waals surface area contributed by atoms with E-state index in [9.17, 15) is 14.0 Å². The molecule has 1 fully saturated rings. The highest BCUT2D eigenvalue weighted by Gasteiger charge is 2.43. The molecule has 2 amide bonds. The second kappa shape index (κ2) is 7.47. The third-order valence-corrected chi connectivity index (χ3v) is 4.68. The van der Waals surface area contributed by atoms with E-state index in [2.05, 4.69) is 5.32 Å². The van der Waals surface area contributed by atoms with Crippen LogP contribution in [-0.2, 0) is 16.0 Å². The number of rotatable bonds is 7. The van der Waals surface area contributed by atoms with E-state index in [0.29, 0.717) is 6.42 Å². The minimum atomic E-state index is -0.511. The van der Waals surface area contributed by atoms with Crippen molar-refractivity contribution in [2.75, 3.05) is 6.54 Å². The molecular formula is C20H21FN2O2. The van der Waals surface area contributed by atoms with Crippen LogP contribution in [0.1, 0.15) is 23.5 Å². The highest BCUT2D eigenvalue weighted by molar-refractivity contribution is 5.84.